The van der Waals surface area contributed by atoms with Gasteiger partial charge in [-0.1, -0.05) is 32.8 Å². The number of pyridine rings is 1. The van der Waals surface area contributed by atoms with Crippen LogP contribution in [0.25, 0.3) is 0 Å². The molecule has 1 aliphatic carbocycles. The van der Waals surface area contributed by atoms with Crippen LogP contribution in [0.1, 0.15) is 51.5 Å². The molecule has 3 heteroatoms. The largest absolute Gasteiger partial charge is 0.353 e. The third-order valence-electron chi connectivity index (χ3n) is 5.02. The van der Waals surface area contributed by atoms with Gasteiger partial charge in [-0.05, 0) is 43.7 Å². The minimum Gasteiger partial charge on any atom is -0.353 e. The number of fused-ring (bicyclic) bond motifs is 1. The van der Waals surface area contributed by atoms with E-state index in [1.165, 1.54) is 50.0 Å². The van der Waals surface area contributed by atoms with Gasteiger partial charge in [-0.3, -0.25) is 0 Å². The second kappa shape index (κ2) is 6.78. The molecule has 2 aliphatic rings. The van der Waals surface area contributed by atoms with Crippen LogP contribution in [-0.2, 0) is 6.54 Å². The van der Waals surface area contributed by atoms with E-state index in [-0.39, 0.29) is 0 Å². The molecule has 3 nitrogen and oxygen atoms in total. The fourth-order valence-electron chi connectivity index (χ4n) is 3.99. The standard InChI is InChI=1S/C18H29N3/c1-14(2)12-19-13-16-7-5-10-20-18(16)21-11-9-15-6-3-4-8-17(15)21/h5,7,10,14-15,17,19H,3-4,6,8-9,11-13H2,1-2H3. The van der Waals surface area contributed by atoms with E-state index in [9.17, 15) is 0 Å². The van der Waals surface area contributed by atoms with E-state index >= 15 is 0 Å². The normalized spacial score (nSPS) is 25.4. The first kappa shape index (κ1) is 14.8. The number of anilines is 1. The molecule has 2 unspecified atom stereocenters. The highest BCUT2D eigenvalue weighted by Gasteiger charge is 2.36. The number of hydrogen-bond acceptors (Lipinski definition) is 3. The molecule has 0 amide bonds. The fraction of sp³-hybridized carbons (Fsp3) is 0.722. The Morgan fingerprint density at radius 2 is 2.14 bits per heavy atom. The van der Waals surface area contributed by atoms with Crippen molar-refractivity contribution in [3.8, 4) is 0 Å². The summed E-state index contributed by atoms with van der Waals surface area (Å²) in [6.07, 6.45) is 8.93. The molecule has 1 N–H and O–H groups in total. The third kappa shape index (κ3) is 3.39. The van der Waals surface area contributed by atoms with Gasteiger partial charge in [0.05, 0.1) is 0 Å². The molecule has 0 radical (unpaired) electrons. The Balaban J connectivity index is 1.72. The Hall–Kier alpha value is -1.09. The lowest BCUT2D eigenvalue weighted by Gasteiger charge is -2.33. The molecule has 21 heavy (non-hydrogen) atoms. The van der Waals surface area contributed by atoms with E-state index < -0.39 is 0 Å². The van der Waals surface area contributed by atoms with Crippen LogP contribution < -0.4 is 10.2 Å². The van der Waals surface area contributed by atoms with Crippen molar-refractivity contribution in [2.24, 2.45) is 11.8 Å². The number of nitrogens with one attached hydrogen (secondary N) is 1. The first-order valence-corrected chi connectivity index (χ1v) is 8.67. The summed E-state index contributed by atoms with van der Waals surface area (Å²) >= 11 is 0. The molecular weight excluding hydrogens is 258 g/mol. The van der Waals surface area contributed by atoms with Crippen molar-refractivity contribution >= 4 is 5.82 Å². The summed E-state index contributed by atoms with van der Waals surface area (Å²) in [4.78, 5) is 7.34. The zero-order valence-electron chi connectivity index (χ0n) is 13.5. The monoisotopic (exact) mass is 287 g/mol. The van der Waals surface area contributed by atoms with Crippen LogP contribution in [0.2, 0.25) is 0 Å². The van der Waals surface area contributed by atoms with Crippen molar-refractivity contribution in [3.63, 3.8) is 0 Å². The zero-order chi connectivity index (χ0) is 14.7. The Bertz CT molecular complexity index is 458. The van der Waals surface area contributed by atoms with E-state index in [0.29, 0.717) is 5.92 Å². The summed E-state index contributed by atoms with van der Waals surface area (Å²) in [5.41, 5.74) is 1.37. The molecule has 3 rings (SSSR count). The highest BCUT2D eigenvalue weighted by Crippen LogP contribution is 2.39. The predicted molar refractivity (Wildman–Crippen MR) is 88.5 cm³/mol. The lowest BCUT2D eigenvalue weighted by Crippen LogP contribution is -2.36. The quantitative estimate of drug-likeness (QED) is 0.897. The van der Waals surface area contributed by atoms with Crippen molar-refractivity contribution in [2.45, 2.75) is 58.5 Å². The lowest BCUT2D eigenvalue weighted by atomic mass is 9.85. The number of rotatable bonds is 5. The summed E-state index contributed by atoms with van der Waals surface area (Å²) in [6.45, 7) is 7.72. The Morgan fingerprint density at radius 1 is 1.29 bits per heavy atom. The molecule has 1 aliphatic heterocycles. The van der Waals surface area contributed by atoms with Gasteiger partial charge < -0.3 is 10.2 Å². The van der Waals surface area contributed by atoms with Gasteiger partial charge in [-0.15, -0.1) is 0 Å². The van der Waals surface area contributed by atoms with Crippen LogP contribution >= 0.6 is 0 Å². The summed E-state index contributed by atoms with van der Waals surface area (Å²) in [5.74, 6) is 2.85. The van der Waals surface area contributed by atoms with E-state index in [4.69, 9.17) is 4.98 Å². The maximum absolute atomic E-state index is 4.74. The smallest absolute Gasteiger partial charge is 0.133 e. The molecule has 1 aromatic heterocycles. The van der Waals surface area contributed by atoms with Crippen LogP contribution in [0.5, 0.6) is 0 Å². The first-order valence-electron chi connectivity index (χ1n) is 8.67. The van der Waals surface area contributed by atoms with Gasteiger partial charge >= 0.3 is 0 Å². The molecular formula is C18H29N3. The molecule has 1 saturated carbocycles. The van der Waals surface area contributed by atoms with Gasteiger partial charge in [0.2, 0.25) is 0 Å². The number of nitrogens with zero attached hydrogens (tertiary/aromatic N) is 2. The summed E-state index contributed by atoms with van der Waals surface area (Å²) in [7, 11) is 0. The molecule has 0 spiro atoms. The third-order valence-corrected chi connectivity index (χ3v) is 5.02. The second-order valence-corrected chi connectivity index (χ2v) is 7.10. The highest BCUT2D eigenvalue weighted by atomic mass is 15.2. The van der Waals surface area contributed by atoms with Crippen LogP contribution in [0.3, 0.4) is 0 Å². The van der Waals surface area contributed by atoms with E-state index in [1.54, 1.807) is 0 Å². The van der Waals surface area contributed by atoms with E-state index in [2.05, 4.69) is 36.2 Å². The topological polar surface area (TPSA) is 28.2 Å². The van der Waals surface area contributed by atoms with Crippen molar-refractivity contribution in [3.05, 3.63) is 23.9 Å². The first-order chi connectivity index (χ1) is 10.3. The van der Waals surface area contributed by atoms with Crippen molar-refractivity contribution < 1.29 is 0 Å². The van der Waals surface area contributed by atoms with Crippen LogP contribution in [0, 0.1) is 11.8 Å². The Morgan fingerprint density at radius 3 is 3.00 bits per heavy atom. The molecule has 2 atom stereocenters. The molecule has 1 saturated heterocycles. The minimum absolute atomic E-state index is 0.694. The van der Waals surface area contributed by atoms with Gasteiger partial charge in [-0.25, -0.2) is 4.98 Å². The minimum atomic E-state index is 0.694. The van der Waals surface area contributed by atoms with Crippen LogP contribution in [-0.4, -0.2) is 24.1 Å². The molecule has 2 fully saturated rings. The maximum Gasteiger partial charge on any atom is 0.133 e. The molecule has 116 valence electrons. The highest BCUT2D eigenvalue weighted by molar-refractivity contribution is 5.49. The Kier molecular flexibility index (Phi) is 4.79. The second-order valence-electron chi connectivity index (χ2n) is 7.10. The van der Waals surface area contributed by atoms with Crippen LogP contribution in [0.15, 0.2) is 18.3 Å². The van der Waals surface area contributed by atoms with Gasteiger partial charge in [0.1, 0.15) is 5.82 Å². The molecule has 1 aromatic rings. The van der Waals surface area contributed by atoms with Crippen molar-refractivity contribution in [1.29, 1.82) is 0 Å². The molecule has 2 heterocycles. The Labute approximate surface area is 129 Å². The average molecular weight is 287 g/mol. The predicted octanol–water partition coefficient (Wildman–Crippen LogP) is 3.60. The summed E-state index contributed by atoms with van der Waals surface area (Å²) in [5, 5.41) is 3.57. The fourth-order valence-corrected chi connectivity index (χ4v) is 3.99. The van der Waals surface area contributed by atoms with Gasteiger partial charge in [-0.2, -0.15) is 0 Å². The van der Waals surface area contributed by atoms with Gasteiger partial charge in [0.15, 0.2) is 0 Å². The summed E-state index contributed by atoms with van der Waals surface area (Å²) < 4.78 is 0. The number of aromatic nitrogens is 1. The van der Waals surface area contributed by atoms with Crippen LogP contribution in [0.4, 0.5) is 5.82 Å². The maximum atomic E-state index is 4.74. The summed E-state index contributed by atoms with van der Waals surface area (Å²) in [6, 6.07) is 5.06. The molecule has 0 bridgehead atoms. The van der Waals surface area contributed by atoms with Gasteiger partial charge in [0.25, 0.3) is 0 Å². The van der Waals surface area contributed by atoms with E-state index in [0.717, 1.165) is 25.0 Å². The number of hydrogen-bond donors (Lipinski definition) is 1. The van der Waals surface area contributed by atoms with E-state index in [1.807, 2.05) is 6.20 Å². The average Bonchev–Trinajstić information content (AvgIpc) is 2.91. The van der Waals surface area contributed by atoms with Gasteiger partial charge in [0, 0.05) is 30.9 Å². The van der Waals surface area contributed by atoms with Crippen molar-refractivity contribution in [1.82, 2.24) is 10.3 Å². The SMILES string of the molecule is CC(C)CNCc1cccnc1N1CCC2CCCCC21. The van der Waals surface area contributed by atoms with Crippen molar-refractivity contribution in [2.75, 3.05) is 18.0 Å². The lowest BCUT2D eigenvalue weighted by molar-refractivity contribution is 0.341. The zero-order valence-corrected chi connectivity index (χ0v) is 13.5. The molecule has 0 aromatic carbocycles.